The zero-order chi connectivity index (χ0) is 15.1. The van der Waals surface area contributed by atoms with Gasteiger partial charge in [0, 0.05) is 44.1 Å². The number of aryl methyl sites for hydroxylation is 2. The molecule has 3 aliphatic heterocycles. The van der Waals surface area contributed by atoms with Gasteiger partial charge in [0.25, 0.3) is 0 Å². The quantitative estimate of drug-likeness (QED) is 0.866. The van der Waals surface area contributed by atoms with Gasteiger partial charge in [-0.3, -0.25) is 9.88 Å². The van der Waals surface area contributed by atoms with Crippen LogP contribution in [0.1, 0.15) is 23.5 Å². The molecule has 3 fully saturated rings. The number of anilines is 1. The number of fused-ring (bicyclic) bond motifs is 2. The molecular weight excluding hydrogens is 274 g/mol. The second-order valence-electron chi connectivity index (χ2n) is 6.35. The Balaban J connectivity index is 1.46. The van der Waals surface area contributed by atoms with Gasteiger partial charge in [-0.15, -0.1) is 0 Å². The van der Waals surface area contributed by atoms with Crippen LogP contribution in [-0.4, -0.2) is 45.0 Å². The predicted molar refractivity (Wildman–Crippen MR) is 85.7 cm³/mol. The lowest BCUT2D eigenvalue weighted by atomic mass is 9.87. The molecule has 0 radical (unpaired) electrons. The molecule has 22 heavy (non-hydrogen) atoms. The monoisotopic (exact) mass is 295 g/mol. The van der Waals surface area contributed by atoms with Crippen molar-refractivity contribution in [1.82, 2.24) is 19.9 Å². The van der Waals surface area contributed by atoms with Crippen LogP contribution in [0.2, 0.25) is 0 Å². The molecule has 5 rings (SSSR count). The van der Waals surface area contributed by atoms with Gasteiger partial charge in [0.1, 0.15) is 11.6 Å². The summed E-state index contributed by atoms with van der Waals surface area (Å²) < 4.78 is 0. The number of nitrogens with zero attached hydrogens (tertiary/aromatic N) is 5. The van der Waals surface area contributed by atoms with Crippen molar-refractivity contribution in [3.63, 3.8) is 0 Å². The maximum atomic E-state index is 4.56. The van der Waals surface area contributed by atoms with Gasteiger partial charge in [0.2, 0.25) is 0 Å². The van der Waals surface area contributed by atoms with Crippen LogP contribution in [0, 0.1) is 13.8 Å². The molecule has 114 valence electrons. The lowest BCUT2D eigenvalue weighted by Gasteiger charge is -2.56. The van der Waals surface area contributed by atoms with Gasteiger partial charge in [0.15, 0.2) is 0 Å². The van der Waals surface area contributed by atoms with E-state index in [9.17, 15) is 0 Å². The van der Waals surface area contributed by atoms with E-state index in [0.29, 0.717) is 12.1 Å². The molecule has 5 heteroatoms. The smallest absolute Gasteiger partial charge is 0.132 e. The molecule has 5 nitrogen and oxygen atoms in total. The average molecular weight is 295 g/mol. The average Bonchev–Trinajstić information content (AvgIpc) is 2.54. The third-order valence-electron chi connectivity index (χ3n) is 4.88. The van der Waals surface area contributed by atoms with E-state index in [1.165, 1.54) is 17.7 Å². The van der Waals surface area contributed by atoms with Crippen LogP contribution >= 0.6 is 0 Å². The summed E-state index contributed by atoms with van der Waals surface area (Å²) in [6.07, 6.45) is 5.05. The first-order valence-electron chi connectivity index (χ1n) is 7.91. The van der Waals surface area contributed by atoms with E-state index in [1.807, 2.05) is 31.5 Å². The van der Waals surface area contributed by atoms with Gasteiger partial charge in [-0.1, -0.05) is 6.07 Å². The molecule has 0 saturated carbocycles. The Morgan fingerprint density at radius 1 is 1.09 bits per heavy atom. The van der Waals surface area contributed by atoms with Crippen LogP contribution in [0.5, 0.6) is 0 Å². The number of hydrogen-bond donors (Lipinski definition) is 0. The fourth-order valence-electron chi connectivity index (χ4n) is 3.61. The Morgan fingerprint density at radius 3 is 2.64 bits per heavy atom. The third-order valence-corrected chi connectivity index (χ3v) is 4.88. The Bertz CT molecular complexity index is 674. The minimum absolute atomic E-state index is 0.621. The summed E-state index contributed by atoms with van der Waals surface area (Å²) in [4.78, 5) is 18.3. The number of hydrogen-bond acceptors (Lipinski definition) is 5. The van der Waals surface area contributed by atoms with Gasteiger partial charge < -0.3 is 4.90 Å². The highest BCUT2D eigenvalue weighted by Crippen LogP contribution is 2.35. The minimum Gasteiger partial charge on any atom is -0.353 e. The second kappa shape index (κ2) is 5.32. The zero-order valence-corrected chi connectivity index (χ0v) is 13.1. The van der Waals surface area contributed by atoms with Crippen LogP contribution in [0.25, 0.3) is 0 Å². The molecule has 5 heterocycles. The summed E-state index contributed by atoms with van der Waals surface area (Å²) in [6.45, 7) is 7.18. The fourth-order valence-corrected chi connectivity index (χ4v) is 3.61. The molecule has 2 bridgehead atoms. The molecule has 3 saturated heterocycles. The van der Waals surface area contributed by atoms with Crippen molar-refractivity contribution in [2.24, 2.45) is 0 Å². The molecule has 2 atom stereocenters. The van der Waals surface area contributed by atoms with Crippen molar-refractivity contribution >= 4 is 5.82 Å². The molecule has 0 amide bonds. The van der Waals surface area contributed by atoms with E-state index in [-0.39, 0.29) is 0 Å². The van der Waals surface area contributed by atoms with E-state index in [0.717, 1.165) is 31.3 Å². The number of pyridine rings is 1. The normalized spacial score (nSPS) is 24.2. The molecule has 3 aliphatic rings. The van der Waals surface area contributed by atoms with Crippen molar-refractivity contribution in [3.8, 4) is 0 Å². The summed E-state index contributed by atoms with van der Waals surface area (Å²) >= 11 is 0. The van der Waals surface area contributed by atoms with Gasteiger partial charge >= 0.3 is 0 Å². The standard InChI is InChI=1S/C17H21N5/c1-12-4-3-6-19-16(12)11-22-14-8-15(22)10-21(9-14)17-5-7-18-13(2)20-17/h3-7,14-15H,8-11H2,1-2H3. The van der Waals surface area contributed by atoms with Crippen LogP contribution in [0.15, 0.2) is 30.6 Å². The molecule has 2 aromatic rings. The first kappa shape index (κ1) is 13.6. The van der Waals surface area contributed by atoms with Crippen molar-refractivity contribution < 1.29 is 0 Å². The summed E-state index contributed by atoms with van der Waals surface area (Å²) in [7, 11) is 0. The van der Waals surface area contributed by atoms with Crippen LogP contribution in [0.4, 0.5) is 5.82 Å². The Labute approximate surface area is 131 Å². The lowest BCUT2D eigenvalue weighted by molar-refractivity contribution is -0.00984. The van der Waals surface area contributed by atoms with Crippen LogP contribution in [0.3, 0.4) is 0 Å². The van der Waals surface area contributed by atoms with Crippen molar-refractivity contribution in [3.05, 3.63) is 47.7 Å². The van der Waals surface area contributed by atoms with E-state index in [2.05, 4.69) is 37.7 Å². The van der Waals surface area contributed by atoms with E-state index in [1.54, 1.807) is 0 Å². The van der Waals surface area contributed by atoms with E-state index >= 15 is 0 Å². The number of aromatic nitrogens is 3. The Morgan fingerprint density at radius 2 is 1.91 bits per heavy atom. The van der Waals surface area contributed by atoms with Crippen LogP contribution < -0.4 is 4.90 Å². The fraction of sp³-hybridized carbons (Fsp3) is 0.471. The molecule has 2 aromatic heterocycles. The number of rotatable bonds is 3. The maximum Gasteiger partial charge on any atom is 0.132 e. The SMILES string of the molecule is Cc1nccc(N2CC3CC(C2)N3Cc2ncccc2C)n1. The van der Waals surface area contributed by atoms with Crippen LogP contribution in [-0.2, 0) is 6.54 Å². The predicted octanol–water partition coefficient (Wildman–Crippen LogP) is 1.95. The zero-order valence-electron chi connectivity index (χ0n) is 13.1. The largest absolute Gasteiger partial charge is 0.353 e. The Hall–Kier alpha value is -2.01. The summed E-state index contributed by atoms with van der Waals surface area (Å²) in [5, 5.41) is 0. The summed E-state index contributed by atoms with van der Waals surface area (Å²) in [6, 6.07) is 7.42. The topological polar surface area (TPSA) is 45.2 Å². The second-order valence-corrected chi connectivity index (χ2v) is 6.35. The lowest BCUT2D eigenvalue weighted by Crippen LogP contribution is -2.68. The number of piperazine rings is 1. The highest BCUT2D eigenvalue weighted by molar-refractivity contribution is 5.40. The van der Waals surface area contributed by atoms with Gasteiger partial charge in [0.05, 0.1) is 5.69 Å². The highest BCUT2D eigenvalue weighted by atomic mass is 15.4. The minimum atomic E-state index is 0.621. The highest BCUT2D eigenvalue weighted by Gasteiger charge is 2.44. The van der Waals surface area contributed by atoms with E-state index < -0.39 is 0 Å². The van der Waals surface area contributed by atoms with Gasteiger partial charge in [-0.2, -0.15) is 0 Å². The van der Waals surface area contributed by atoms with Crippen molar-refractivity contribution in [2.75, 3.05) is 18.0 Å². The molecule has 0 N–H and O–H groups in total. The van der Waals surface area contributed by atoms with Gasteiger partial charge in [-0.25, -0.2) is 9.97 Å². The Kier molecular flexibility index (Phi) is 3.30. The maximum absolute atomic E-state index is 4.56. The van der Waals surface area contributed by atoms with Crippen molar-refractivity contribution in [1.29, 1.82) is 0 Å². The summed E-state index contributed by atoms with van der Waals surface area (Å²) in [5.41, 5.74) is 2.50. The molecule has 0 aliphatic carbocycles. The first-order chi connectivity index (χ1) is 10.7. The number of piperidine rings is 1. The first-order valence-corrected chi connectivity index (χ1v) is 7.91. The van der Waals surface area contributed by atoms with Gasteiger partial charge in [-0.05, 0) is 38.0 Å². The molecular formula is C17H21N5. The molecule has 0 spiro atoms. The van der Waals surface area contributed by atoms with Crippen molar-refractivity contribution in [2.45, 2.75) is 38.9 Å². The third kappa shape index (κ3) is 2.35. The molecule has 2 unspecified atom stereocenters. The van der Waals surface area contributed by atoms with E-state index in [4.69, 9.17) is 0 Å². The summed E-state index contributed by atoms with van der Waals surface area (Å²) in [5.74, 6) is 1.91. The molecule has 0 aromatic carbocycles.